The van der Waals surface area contributed by atoms with Gasteiger partial charge in [0.15, 0.2) is 5.82 Å². The number of aryl methyl sites for hydroxylation is 1. The third kappa shape index (κ3) is 5.91. The van der Waals surface area contributed by atoms with Crippen LogP contribution in [0.4, 0.5) is 37.8 Å². The highest BCUT2D eigenvalue weighted by molar-refractivity contribution is 5.97. The molecule has 16 heteroatoms. The quantitative estimate of drug-likeness (QED) is 0.256. The van der Waals surface area contributed by atoms with E-state index in [9.17, 15) is 27.2 Å². The molecule has 4 atom stereocenters. The summed E-state index contributed by atoms with van der Waals surface area (Å²) >= 11 is 0. The maximum Gasteiger partial charge on any atom is 0.417 e. The molecule has 0 unspecified atom stereocenters. The number of likely N-dealkylation sites (tertiary alicyclic amines) is 1. The molecule has 6 rings (SSSR count). The summed E-state index contributed by atoms with van der Waals surface area (Å²) in [6.45, 7) is 4.33. The summed E-state index contributed by atoms with van der Waals surface area (Å²) in [7, 11) is 3.05. The standard InChI is InChI=1S/C32H36F6N8O2/c1-15-9-20(40)18(10-39)21(23(15)32(36,37)38)25-24(33)26-22(29(42-25)47-4)28(46-11-16-5-6-17(12-46)41-16)44-30(43-26)48-14-31(2)13-45(3)8-7-19(31)27(34)35/h9,16-17,19,27,41H,5-8,11-14,40H2,1-4H3/t16-,17+,19-,31+/m1/s1. The number of benzene rings is 1. The van der Waals surface area contributed by atoms with Crippen LogP contribution < -0.4 is 25.4 Å². The molecular weight excluding hydrogens is 642 g/mol. The Morgan fingerprint density at radius 2 is 1.85 bits per heavy atom. The largest absolute Gasteiger partial charge is 0.480 e. The minimum Gasteiger partial charge on any atom is -0.480 e. The second kappa shape index (κ2) is 12.4. The fourth-order valence-corrected chi connectivity index (χ4v) is 7.58. The van der Waals surface area contributed by atoms with Gasteiger partial charge in [0.1, 0.15) is 28.5 Å². The van der Waals surface area contributed by atoms with E-state index in [1.165, 1.54) is 7.11 Å². The fourth-order valence-electron chi connectivity index (χ4n) is 7.58. The number of nitriles is 1. The molecule has 48 heavy (non-hydrogen) atoms. The van der Waals surface area contributed by atoms with Gasteiger partial charge in [0, 0.05) is 48.6 Å². The van der Waals surface area contributed by atoms with E-state index in [2.05, 4.69) is 20.3 Å². The van der Waals surface area contributed by atoms with Gasteiger partial charge in [-0.25, -0.2) is 18.2 Å². The number of ether oxygens (including phenoxy) is 2. The number of nitrogens with zero attached hydrogens (tertiary/aromatic N) is 6. The topological polar surface area (TPSA) is 125 Å². The second-order valence-corrected chi connectivity index (χ2v) is 13.3. The van der Waals surface area contributed by atoms with Crippen LogP contribution >= 0.6 is 0 Å². The Hall–Kier alpha value is -4.10. The number of anilines is 2. The first-order valence-corrected chi connectivity index (χ1v) is 15.6. The molecular formula is C32H36F6N8O2. The van der Waals surface area contributed by atoms with Gasteiger partial charge >= 0.3 is 12.2 Å². The van der Waals surface area contributed by atoms with Crippen molar-refractivity contribution in [3.8, 4) is 29.2 Å². The van der Waals surface area contributed by atoms with Crippen LogP contribution in [-0.2, 0) is 6.18 Å². The molecule has 2 aromatic heterocycles. The minimum atomic E-state index is -5.01. The van der Waals surface area contributed by atoms with Crippen molar-refractivity contribution in [1.29, 1.82) is 5.26 Å². The van der Waals surface area contributed by atoms with Crippen molar-refractivity contribution < 1.29 is 35.8 Å². The van der Waals surface area contributed by atoms with Gasteiger partial charge < -0.3 is 30.3 Å². The van der Waals surface area contributed by atoms with Gasteiger partial charge in [-0.2, -0.15) is 28.4 Å². The van der Waals surface area contributed by atoms with Gasteiger partial charge in [-0.15, -0.1) is 0 Å². The van der Waals surface area contributed by atoms with Crippen LogP contribution in [0.5, 0.6) is 11.9 Å². The van der Waals surface area contributed by atoms with E-state index in [1.54, 1.807) is 13.0 Å². The van der Waals surface area contributed by atoms with Crippen molar-refractivity contribution >= 4 is 22.4 Å². The molecule has 3 N–H and O–H groups in total. The predicted molar refractivity (Wildman–Crippen MR) is 166 cm³/mol. The fraction of sp³-hybridized carbons (Fsp3) is 0.562. The second-order valence-electron chi connectivity index (χ2n) is 13.3. The molecule has 0 aliphatic carbocycles. The molecule has 5 heterocycles. The number of nitrogens with two attached hydrogens (primary N) is 1. The average Bonchev–Trinajstić information content (AvgIpc) is 3.35. The maximum atomic E-state index is 16.9. The monoisotopic (exact) mass is 678 g/mol. The van der Waals surface area contributed by atoms with E-state index in [4.69, 9.17) is 15.2 Å². The van der Waals surface area contributed by atoms with E-state index in [0.717, 1.165) is 25.8 Å². The lowest BCUT2D eigenvalue weighted by atomic mass is 9.73. The highest BCUT2D eigenvalue weighted by atomic mass is 19.4. The van der Waals surface area contributed by atoms with Crippen molar-refractivity contribution in [2.45, 2.75) is 57.8 Å². The molecule has 0 radical (unpaired) electrons. The van der Waals surface area contributed by atoms with E-state index in [0.29, 0.717) is 26.2 Å². The molecule has 3 aliphatic heterocycles. The van der Waals surface area contributed by atoms with Crippen LogP contribution in [0.25, 0.3) is 22.2 Å². The number of alkyl halides is 5. The van der Waals surface area contributed by atoms with E-state index < -0.39 is 57.7 Å². The molecule has 2 bridgehead atoms. The predicted octanol–water partition coefficient (Wildman–Crippen LogP) is 5.16. The highest BCUT2D eigenvalue weighted by Crippen LogP contribution is 2.46. The summed E-state index contributed by atoms with van der Waals surface area (Å²) in [4.78, 5) is 17.0. The number of piperazine rings is 1. The first-order chi connectivity index (χ1) is 22.6. The Balaban J connectivity index is 1.57. The SMILES string of the molecule is COc1nc(-c2c(C#N)c(N)cc(C)c2C(F)(F)F)c(F)c2nc(OC[C@]3(C)CN(C)CC[C@@H]3C(F)F)nc(N3C[C@H]4CC[C@@H](C3)N4)c12. The smallest absolute Gasteiger partial charge is 0.417 e. The molecule has 10 nitrogen and oxygen atoms in total. The minimum absolute atomic E-state index is 0.00541. The van der Waals surface area contributed by atoms with Gasteiger partial charge in [-0.1, -0.05) is 6.92 Å². The van der Waals surface area contributed by atoms with Gasteiger partial charge in [0.25, 0.3) is 0 Å². The zero-order valence-electron chi connectivity index (χ0n) is 26.9. The first kappa shape index (κ1) is 33.8. The van der Waals surface area contributed by atoms with Crippen molar-refractivity contribution in [1.82, 2.24) is 25.2 Å². The van der Waals surface area contributed by atoms with Crippen LogP contribution in [-0.4, -0.2) is 85.3 Å². The number of aromatic nitrogens is 3. The number of nitrogens with one attached hydrogen (secondary N) is 1. The molecule has 0 saturated carbocycles. The van der Waals surface area contributed by atoms with Gasteiger partial charge in [-0.3, -0.25) is 0 Å². The van der Waals surface area contributed by atoms with Crippen molar-refractivity contribution in [2.24, 2.45) is 11.3 Å². The zero-order chi connectivity index (χ0) is 34.7. The molecule has 258 valence electrons. The summed E-state index contributed by atoms with van der Waals surface area (Å²) in [6.07, 6.45) is -5.58. The molecule has 1 aromatic carbocycles. The molecule has 3 aliphatic rings. The van der Waals surface area contributed by atoms with Gasteiger partial charge in [0.2, 0.25) is 12.3 Å². The number of rotatable bonds is 7. The van der Waals surface area contributed by atoms with Crippen LogP contribution in [0.2, 0.25) is 0 Å². The Kier molecular flexibility index (Phi) is 8.74. The third-order valence-electron chi connectivity index (χ3n) is 9.79. The lowest BCUT2D eigenvalue weighted by Gasteiger charge is -2.44. The van der Waals surface area contributed by atoms with E-state index in [1.807, 2.05) is 16.8 Å². The van der Waals surface area contributed by atoms with Crippen molar-refractivity contribution in [3.05, 3.63) is 28.6 Å². The Morgan fingerprint density at radius 3 is 2.46 bits per heavy atom. The number of pyridine rings is 1. The lowest BCUT2D eigenvalue weighted by molar-refractivity contribution is -0.137. The van der Waals surface area contributed by atoms with Gasteiger partial charge in [0.05, 0.1) is 30.5 Å². The Bertz CT molecular complexity index is 1770. The maximum absolute atomic E-state index is 16.9. The van der Waals surface area contributed by atoms with Crippen molar-refractivity contribution in [2.75, 3.05) is 57.6 Å². The Labute approximate surface area is 273 Å². The number of methoxy groups -OCH3 is 1. The number of nitrogen functional groups attached to an aromatic ring is 1. The Morgan fingerprint density at radius 1 is 1.17 bits per heavy atom. The normalized spacial score (nSPS) is 24.7. The average molecular weight is 679 g/mol. The lowest BCUT2D eigenvalue weighted by Crippen LogP contribution is -2.51. The zero-order valence-corrected chi connectivity index (χ0v) is 26.9. The molecule has 3 fully saturated rings. The summed E-state index contributed by atoms with van der Waals surface area (Å²) in [5.74, 6) is -2.36. The van der Waals surface area contributed by atoms with Crippen LogP contribution in [0.15, 0.2) is 6.07 Å². The first-order valence-electron chi connectivity index (χ1n) is 15.6. The number of hydrogen-bond donors (Lipinski definition) is 2. The van der Waals surface area contributed by atoms with E-state index >= 15 is 4.39 Å². The van der Waals surface area contributed by atoms with Gasteiger partial charge in [-0.05, 0) is 51.4 Å². The number of hydrogen-bond acceptors (Lipinski definition) is 10. The van der Waals surface area contributed by atoms with Crippen molar-refractivity contribution in [3.63, 3.8) is 0 Å². The number of fused-ring (bicyclic) bond motifs is 3. The van der Waals surface area contributed by atoms with Crippen LogP contribution in [0.1, 0.15) is 42.9 Å². The number of piperidine rings is 1. The van der Waals surface area contributed by atoms with Crippen LogP contribution in [0.3, 0.4) is 0 Å². The third-order valence-corrected chi connectivity index (χ3v) is 9.79. The highest BCUT2D eigenvalue weighted by Gasteiger charge is 2.45. The summed E-state index contributed by atoms with van der Waals surface area (Å²) in [5, 5.41) is 13.4. The molecule has 0 amide bonds. The molecule has 0 spiro atoms. The van der Waals surface area contributed by atoms with Crippen LogP contribution in [0, 0.1) is 35.4 Å². The molecule has 3 saturated heterocycles. The van der Waals surface area contributed by atoms with E-state index in [-0.39, 0.29) is 59.5 Å². The summed E-state index contributed by atoms with van der Waals surface area (Å²) in [6, 6.07) is 2.54. The summed E-state index contributed by atoms with van der Waals surface area (Å²) < 4.78 is 100. The number of halogens is 6. The molecule has 3 aromatic rings. The summed E-state index contributed by atoms with van der Waals surface area (Å²) in [5.41, 5.74) is 0.286.